The molecule has 1 aromatic heterocycles. The second-order valence-electron chi connectivity index (χ2n) is 5.80. The molecule has 114 valence electrons. The Morgan fingerprint density at radius 2 is 2.15 bits per heavy atom. The number of hydrogen-bond donors (Lipinski definition) is 2. The van der Waals surface area contributed by atoms with Gasteiger partial charge < -0.3 is 9.73 Å². The third kappa shape index (κ3) is 3.62. The number of aryl methyl sites for hydroxylation is 1. The van der Waals surface area contributed by atoms with Crippen LogP contribution in [0.2, 0.25) is 0 Å². The first-order valence-corrected chi connectivity index (χ1v) is 8.66. The van der Waals surface area contributed by atoms with Crippen molar-refractivity contribution in [3.05, 3.63) is 17.6 Å². The molecule has 1 aliphatic rings. The van der Waals surface area contributed by atoms with Crippen LogP contribution in [0.1, 0.15) is 45.1 Å². The van der Waals surface area contributed by atoms with Gasteiger partial charge in [-0.25, -0.2) is 13.1 Å². The molecule has 1 saturated carbocycles. The maximum absolute atomic E-state index is 12.3. The van der Waals surface area contributed by atoms with Crippen molar-refractivity contribution in [2.24, 2.45) is 5.92 Å². The molecule has 2 rings (SSSR count). The summed E-state index contributed by atoms with van der Waals surface area (Å²) in [7, 11) is -3.46. The second-order valence-corrected chi connectivity index (χ2v) is 7.48. The van der Waals surface area contributed by atoms with Crippen LogP contribution in [0.4, 0.5) is 0 Å². The molecular formula is C14H24N2O3S. The van der Waals surface area contributed by atoms with Crippen LogP contribution < -0.4 is 10.0 Å². The van der Waals surface area contributed by atoms with Gasteiger partial charge in [0.1, 0.15) is 16.4 Å². The fraction of sp³-hybridized carbons (Fsp3) is 0.714. The molecule has 6 heteroatoms. The first-order valence-electron chi connectivity index (χ1n) is 7.18. The zero-order valence-corrected chi connectivity index (χ0v) is 13.4. The Kier molecular flexibility index (Phi) is 4.56. The molecule has 2 atom stereocenters. The van der Waals surface area contributed by atoms with E-state index in [9.17, 15) is 8.42 Å². The third-order valence-corrected chi connectivity index (χ3v) is 5.25. The van der Waals surface area contributed by atoms with Crippen molar-refractivity contribution < 1.29 is 12.8 Å². The van der Waals surface area contributed by atoms with Crippen LogP contribution in [0, 0.1) is 12.8 Å². The summed E-state index contributed by atoms with van der Waals surface area (Å²) in [6.45, 7) is 8.38. The zero-order chi connectivity index (χ0) is 14.9. The van der Waals surface area contributed by atoms with E-state index in [-0.39, 0.29) is 10.9 Å². The van der Waals surface area contributed by atoms with Crippen LogP contribution in [0.5, 0.6) is 0 Å². The van der Waals surface area contributed by atoms with Crippen LogP contribution in [0.3, 0.4) is 0 Å². The number of sulfonamides is 1. The minimum Gasteiger partial charge on any atom is -0.464 e. The molecular weight excluding hydrogens is 276 g/mol. The molecule has 1 fully saturated rings. The first-order chi connectivity index (χ1) is 9.33. The zero-order valence-electron chi connectivity index (χ0n) is 12.6. The van der Waals surface area contributed by atoms with Crippen LogP contribution in [-0.2, 0) is 16.6 Å². The van der Waals surface area contributed by atoms with Gasteiger partial charge in [0.15, 0.2) is 0 Å². The largest absolute Gasteiger partial charge is 0.464 e. The summed E-state index contributed by atoms with van der Waals surface area (Å²) in [5.74, 6) is 1.59. The van der Waals surface area contributed by atoms with Crippen molar-refractivity contribution in [1.82, 2.24) is 10.0 Å². The fourth-order valence-corrected chi connectivity index (χ4v) is 3.81. The fourth-order valence-electron chi connectivity index (χ4n) is 2.29. The Labute approximate surface area is 121 Å². The van der Waals surface area contributed by atoms with Gasteiger partial charge in [-0.3, -0.25) is 0 Å². The molecule has 0 radical (unpaired) electrons. The highest BCUT2D eigenvalue weighted by Crippen LogP contribution is 2.34. The summed E-state index contributed by atoms with van der Waals surface area (Å²) in [4.78, 5) is 0.264. The smallest absolute Gasteiger partial charge is 0.244 e. The molecule has 5 nitrogen and oxygen atoms in total. The summed E-state index contributed by atoms with van der Waals surface area (Å²) in [6, 6.07) is 2.04. The lowest BCUT2D eigenvalue weighted by Gasteiger charge is -2.04. The lowest BCUT2D eigenvalue weighted by molar-refractivity contribution is 0.444. The SMILES string of the molecule is CCC1CC1NS(=O)(=O)c1cc(CNC(C)C)oc1C. The number of hydrogen-bond acceptors (Lipinski definition) is 4. The quantitative estimate of drug-likeness (QED) is 0.809. The standard InChI is InChI=1S/C14H24N2O3S/c1-5-11-6-13(11)16-20(17,18)14-7-12(19-10(14)4)8-15-9(2)3/h7,9,11,13,15-16H,5-6,8H2,1-4H3. The maximum Gasteiger partial charge on any atom is 0.244 e. The van der Waals surface area contributed by atoms with Gasteiger partial charge in [0.25, 0.3) is 0 Å². The van der Waals surface area contributed by atoms with Crippen LogP contribution in [-0.4, -0.2) is 20.5 Å². The van der Waals surface area contributed by atoms with Gasteiger partial charge in [0, 0.05) is 18.2 Å². The monoisotopic (exact) mass is 300 g/mol. The van der Waals surface area contributed by atoms with Gasteiger partial charge in [-0.05, 0) is 19.3 Å². The molecule has 20 heavy (non-hydrogen) atoms. The lowest BCUT2D eigenvalue weighted by Crippen LogP contribution is -2.27. The Hall–Kier alpha value is -0.850. The van der Waals surface area contributed by atoms with E-state index in [4.69, 9.17) is 4.42 Å². The van der Waals surface area contributed by atoms with E-state index < -0.39 is 10.0 Å². The number of nitrogens with one attached hydrogen (secondary N) is 2. The summed E-state index contributed by atoms with van der Waals surface area (Å²) >= 11 is 0. The Bertz CT molecular complexity index is 563. The average Bonchev–Trinajstić information content (AvgIpc) is 2.97. The van der Waals surface area contributed by atoms with Gasteiger partial charge in [0.05, 0.1) is 6.54 Å². The molecule has 1 aliphatic carbocycles. The first kappa shape index (κ1) is 15.5. The highest BCUT2D eigenvalue weighted by molar-refractivity contribution is 7.89. The molecule has 0 saturated heterocycles. The Morgan fingerprint density at radius 3 is 2.70 bits per heavy atom. The van der Waals surface area contributed by atoms with Crippen molar-refractivity contribution in [2.75, 3.05) is 0 Å². The van der Waals surface area contributed by atoms with Gasteiger partial charge in [-0.2, -0.15) is 0 Å². The van der Waals surface area contributed by atoms with Gasteiger partial charge in [0.2, 0.25) is 10.0 Å². The van der Waals surface area contributed by atoms with Gasteiger partial charge in [-0.1, -0.05) is 27.2 Å². The van der Waals surface area contributed by atoms with E-state index in [0.29, 0.717) is 30.0 Å². The predicted octanol–water partition coefficient (Wildman–Crippen LogP) is 2.16. The highest BCUT2D eigenvalue weighted by atomic mass is 32.2. The van der Waals surface area contributed by atoms with Gasteiger partial charge in [-0.15, -0.1) is 0 Å². The van der Waals surface area contributed by atoms with Crippen LogP contribution >= 0.6 is 0 Å². The molecule has 2 N–H and O–H groups in total. The van der Waals surface area contributed by atoms with E-state index in [1.165, 1.54) is 0 Å². The van der Waals surface area contributed by atoms with E-state index in [2.05, 4.69) is 17.0 Å². The van der Waals surface area contributed by atoms with Crippen molar-refractivity contribution >= 4 is 10.0 Å². The minimum atomic E-state index is -3.46. The van der Waals surface area contributed by atoms with Crippen molar-refractivity contribution in [1.29, 1.82) is 0 Å². The van der Waals surface area contributed by atoms with Crippen LogP contribution in [0.15, 0.2) is 15.4 Å². The molecule has 1 heterocycles. The van der Waals surface area contributed by atoms with Crippen LogP contribution in [0.25, 0.3) is 0 Å². The maximum atomic E-state index is 12.3. The summed E-state index contributed by atoms with van der Waals surface area (Å²) < 4.78 is 32.9. The second kappa shape index (κ2) is 5.87. The normalized spacial score (nSPS) is 22.4. The molecule has 0 amide bonds. The lowest BCUT2D eigenvalue weighted by atomic mass is 10.3. The molecule has 0 spiro atoms. The summed E-state index contributed by atoms with van der Waals surface area (Å²) in [5.41, 5.74) is 0. The van der Waals surface area contributed by atoms with E-state index in [0.717, 1.165) is 12.8 Å². The molecule has 0 aliphatic heterocycles. The molecule has 1 aromatic rings. The van der Waals surface area contributed by atoms with E-state index >= 15 is 0 Å². The predicted molar refractivity (Wildman–Crippen MR) is 77.9 cm³/mol. The highest BCUT2D eigenvalue weighted by Gasteiger charge is 2.39. The Morgan fingerprint density at radius 1 is 1.45 bits per heavy atom. The Balaban J connectivity index is 2.07. The molecule has 0 aromatic carbocycles. The third-order valence-electron chi connectivity index (χ3n) is 3.65. The van der Waals surface area contributed by atoms with Crippen molar-refractivity contribution in [3.63, 3.8) is 0 Å². The topological polar surface area (TPSA) is 71.3 Å². The average molecular weight is 300 g/mol. The summed E-state index contributed by atoms with van der Waals surface area (Å²) in [6.07, 6.45) is 1.95. The van der Waals surface area contributed by atoms with E-state index in [1.807, 2.05) is 13.8 Å². The number of furan rings is 1. The van der Waals surface area contributed by atoms with E-state index in [1.54, 1.807) is 13.0 Å². The number of rotatable bonds is 7. The molecule has 2 unspecified atom stereocenters. The van der Waals surface area contributed by atoms with Crippen molar-refractivity contribution in [3.8, 4) is 0 Å². The van der Waals surface area contributed by atoms with Crippen molar-refractivity contribution in [2.45, 2.75) is 64.1 Å². The minimum absolute atomic E-state index is 0.0940. The van der Waals surface area contributed by atoms with Gasteiger partial charge >= 0.3 is 0 Å². The molecule has 0 bridgehead atoms. The summed E-state index contributed by atoms with van der Waals surface area (Å²) in [5, 5.41) is 3.21.